The lowest BCUT2D eigenvalue weighted by Gasteiger charge is -2.51. The summed E-state index contributed by atoms with van der Waals surface area (Å²) in [7, 11) is 0. The van der Waals surface area contributed by atoms with Crippen LogP contribution in [0.5, 0.6) is 0 Å². The van der Waals surface area contributed by atoms with Gasteiger partial charge in [0.05, 0.1) is 12.1 Å². The van der Waals surface area contributed by atoms with Crippen molar-refractivity contribution in [2.75, 3.05) is 11.9 Å². The second-order valence-electron chi connectivity index (χ2n) is 8.02. The summed E-state index contributed by atoms with van der Waals surface area (Å²) < 4.78 is 0. The van der Waals surface area contributed by atoms with Gasteiger partial charge in [-0.1, -0.05) is 37.5 Å². The molecule has 3 atom stereocenters. The van der Waals surface area contributed by atoms with Crippen LogP contribution in [0.2, 0.25) is 0 Å². The van der Waals surface area contributed by atoms with Gasteiger partial charge in [-0.2, -0.15) is 5.10 Å². The van der Waals surface area contributed by atoms with Crippen LogP contribution in [0.4, 0.5) is 5.69 Å². The number of hydrazone groups is 1. The number of nitrogens with zero attached hydrogens (tertiary/aromatic N) is 3. The Labute approximate surface area is 166 Å². The summed E-state index contributed by atoms with van der Waals surface area (Å²) in [5, 5.41) is 7.37. The Kier molecular flexibility index (Phi) is 5.24. The molecule has 0 bridgehead atoms. The van der Waals surface area contributed by atoms with E-state index in [1.807, 2.05) is 31.2 Å². The van der Waals surface area contributed by atoms with E-state index in [0.717, 1.165) is 55.6 Å². The Balaban J connectivity index is 1.50. The van der Waals surface area contributed by atoms with Crippen LogP contribution < -0.4 is 10.7 Å². The molecule has 0 aromatic heterocycles. The Morgan fingerprint density at radius 1 is 1.21 bits per heavy atom. The first kappa shape index (κ1) is 18.8. The predicted molar refractivity (Wildman–Crippen MR) is 109 cm³/mol. The zero-order valence-corrected chi connectivity index (χ0v) is 16.6. The smallest absolute Gasteiger partial charge is 0.268 e. The van der Waals surface area contributed by atoms with Gasteiger partial charge in [-0.25, -0.2) is 0 Å². The lowest BCUT2D eigenvalue weighted by atomic mass is 9.85. The van der Waals surface area contributed by atoms with Crippen LogP contribution in [0.15, 0.2) is 29.4 Å². The van der Waals surface area contributed by atoms with Gasteiger partial charge in [0.2, 0.25) is 5.91 Å². The van der Waals surface area contributed by atoms with Gasteiger partial charge in [0.25, 0.3) is 5.91 Å². The van der Waals surface area contributed by atoms with E-state index in [1.165, 1.54) is 0 Å². The largest absolute Gasteiger partial charge is 0.325 e. The molecule has 1 aromatic rings. The Bertz CT molecular complexity index is 776. The molecule has 7 nitrogen and oxygen atoms in total. The topological polar surface area (TPSA) is 77.0 Å². The molecule has 0 radical (unpaired) electrons. The van der Waals surface area contributed by atoms with Crippen molar-refractivity contribution in [1.82, 2.24) is 15.2 Å². The average Bonchev–Trinajstić information content (AvgIpc) is 3.11. The first-order valence-corrected chi connectivity index (χ1v) is 10.4. The summed E-state index contributed by atoms with van der Waals surface area (Å²) in [6, 6.07) is 8.02. The lowest BCUT2D eigenvalue weighted by molar-refractivity contribution is -0.151. The fourth-order valence-electron chi connectivity index (χ4n) is 4.66. The minimum absolute atomic E-state index is 0.0444. The molecule has 28 heavy (non-hydrogen) atoms. The number of rotatable bonds is 5. The molecule has 0 spiro atoms. The van der Waals surface area contributed by atoms with Gasteiger partial charge in [0.15, 0.2) is 6.17 Å². The third-order valence-corrected chi connectivity index (χ3v) is 5.98. The number of anilines is 1. The molecule has 2 N–H and O–H groups in total. The summed E-state index contributed by atoms with van der Waals surface area (Å²) in [6.07, 6.45) is 5.63. The van der Waals surface area contributed by atoms with Crippen molar-refractivity contribution in [2.45, 2.75) is 70.6 Å². The van der Waals surface area contributed by atoms with Crippen LogP contribution in [-0.4, -0.2) is 52.2 Å². The van der Waals surface area contributed by atoms with Crippen LogP contribution in [0.3, 0.4) is 0 Å². The predicted octanol–water partition coefficient (Wildman–Crippen LogP) is 2.43. The van der Waals surface area contributed by atoms with Crippen molar-refractivity contribution in [3.8, 4) is 0 Å². The fourth-order valence-corrected chi connectivity index (χ4v) is 4.66. The first-order chi connectivity index (χ1) is 13.6. The summed E-state index contributed by atoms with van der Waals surface area (Å²) in [4.78, 5) is 29.9. The number of hydrogen-bond acceptors (Lipinski definition) is 5. The molecule has 2 fully saturated rings. The second-order valence-corrected chi connectivity index (χ2v) is 8.02. The number of fused-ring (bicyclic) bond motifs is 3. The maximum absolute atomic E-state index is 13.2. The highest BCUT2D eigenvalue weighted by molar-refractivity contribution is 5.98. The molecular formula is C21H29N5O2. The highest BCUT2D eigenvalue weighted by Gasteiger charge is 2.50. The van der Waals surface area contributed by atoms with E-state index in [2.05, 4.69) is 27.7 Å². The van der Waals surface area contributed by atoms with Crippen molar-refractivity contribution < 1.29 is 9.59 Å². The van der Waals surface area contributed by atoms with E-state index in [0.29, 0.717) is 0 Å². The standard InChI is InChI=1S/C21H29N5O2/c1-3-6-18-23-24-20-21(28)25(16-7-4-5-8-17(16)26(18)20)13-19(27)22-15-11-9-14(2)10-12-15/h9-12,16-17,20,24H,3-8,13H2,1-2H3,(H,22,27). The summed E-state index contributed by atoms with van der Waals surface area (Å²) in [6.45, 7) is 4.22. The van der Waals surface area contributed by atoms with E-state index in [9.17, 15) is 9.59 Å². The van der Waals surface area contributed by atoms with Crippen LogP contribution in [0, 0.1) is 6.92 Å². The van der Waals surface area contributed by atoms with Crippen LogP contribution in [0.1, 0.15) is 51.0 Å². The van der Waals surface area contributed by atoms with Crippen LogP contribution in [0.25, 0.3) is 0 Å². The van der Waals surface area contributed by atoms with Gasteiger partial charge in [0, 0.05) is 12.1 Å². The SMILES string of the molecule is CCCC1=NNC2C(=O)N(CC(=O)Nc3ccc(C)cc3)C3CCCCC3N12. The normalized spacial score (nSPS) is 26.3. The van der Waals surface area contributed by atoms with Gasteiger partial charge in [0.1, 0.15) is 12.4 Å². The Morgan fingerprint density at radius 2 is 1.93 bits per heavy atom. The van der Waals surface area contributed by atoms with Gasteiger partial charge < -0.3 is 15.1 Å². The van der Waals surface area contributed by atoms with Crippen molar-refractivity contribution in [3.63, 3.8) is 0 Å². The number of benzene rings is 1. The number of amides is 2. The molecule has 4 rings (SSSR count). The number of aryl methyl sites for hydroxylation is 1. The quantitative estimate of drug-likeness (QED) is 0.819. The molecule has 7 heteroatoms. The minimum Gasteiger partial charge on any atom is -0.325 e. The monoisotopic (exact) mass is 383 g/mol. The summed E-state index contributed by atoms with van der Waals surface area (Å²) in [5.41, 5.74) is 4.93. The summed E-state index contributed by atoms with van der Waals surface area (Å²) in [5.74, 6) is 0.793. The molecule has 3 aliphatic rings. The molecule has 150 valence electrons. The first-order valence-electron chi connectivity index (χ1n) is 10.4. The molecule has 3 unspecified atom stereocenters. The zero-order valence-electron chi connectivity index (χ0n) is 16.6. The van der Waals surface area contributed by atoms with Gasteiger partial charge in [-0.15, -0.1) is 0 Å². The third kappa shape index (κ3) is 3.45. The van der Waals surface area contributed by atoms with E-state index >= 15 is 0 Å². The average molecular weight is 383 g/mol. The van der Waals surface area contributed by atoms with E-state index in [1.54, 1.807) is 4.90 Å². The number of carbonyl (C=O) groups excluding carboxylic acids is 2. The molecule has 1 saturated carbocycles. The van der Waals surface area contributed by atoms with E-state index in [-0.39, 0.29) is 30.4 Å². The van der Waals surface area contributed by atoms with E-state index in [4.69, 9.17) is 0 Å². The minimum atomic E-state index is -0.465. The number of carbonyl (C=O) groups is 2. The third-order valence-electron chi connectivity index (χ3n) is 5.98. The maximum atomic E-state index is 13.2. The molecule has 2 aliphatic heterocycles. The van der Waals surface area contributed by atoms with Gasteiger partial charge in [-0.05, 0) is 38.3 Å². The fraction of sp³-hybridized carbons (Fsp3) is 0.571. The number of amidine groups is 1. The van der Waals surface area contributed by atoms with Crippen LogP contribution in [-0.2, 0) is 9.59 Å². The number of piperazine rings is 1. The highest BCUT2D eigenvalue weighted by atomic mass is 16.2. The second kappa shape index (κ2) is 7.81. The van der Waals surface area contributed by atoms with E-state index < -0.39 is 6.17 Å². The molecule has 1 saturated heterocycles. The highest BCUT2D eigenvalue weighted by Crippen LogP contribution is 2.35. The zero-order chi connectivity index (χ0) is 19.7. The Hall–Kier alpha value is -2.57. The van der Waals surface area contributed by atoms with Crippen molar-refractivity contribution >= 4 is 23.3 Å². The summed E-state index contributed by atoms with van der Waals surface area (Å²) >= 11 is 0. The van der Waals surface area contributed by atoms with Crippen molar-refractivity contribution in [3.05, 3.63) is 29.8 Å². The number of nitrogens with one attached hydrogen (secondary N) is 2. The molecule has 2 heterocycles. The number of hydrogen-bond donors (Lipinski definition) is 2. The van der Waals surface area contributed by atoms with Crippen molar-refractivity contribution in [1.29, 1.82) is 0 Å². The Morgan fingerprint density at radius 3 is 2.64 bits per heavy atom. The molecule has 1 aromatic carbocycles. The van der Waals surface area contributed by atoms with Gasteiger partial charge >= 0.3 is 0 Å². The molecular weight excluding hydrogens is 354 g/mol. The lowest BCUT2D eigenvalue weighted by Crippen LogP contribution is -2.69. The molecule has 2 amide bonds. The van der Waals surface area contributed by atoms with Crippen molar-refractivity contribution in [2.24, 2.45) is 5.10 Å². The maximum Gasteiger partial charge on any atom is 0.268 e. The van der Waals surface area contributed by atoms with Gasteiger partial charge in [-0.3, -0.25) is 15.0 Å². The van der Waals surface area contributed by atoms with Crippen LogP contribution >= 0.6 is 0 Å². The molecule has 1 aliphatic carbocycles.